The predicted molar refractivity (Wildman–Crippen MR) is 48.1 cm³/mol. The Labute approximate surface area is 76.7 Å². The Kier molecular flexibility index (Phi) is 1.89. The highest BCUT2D eigenvalue weighted by Crippen LogP contribution is 2.37. The fraction of sp³-hybridized carbons (Fsp3) is 0.556. The quantitative estimate of drug-likeness (QED) is 0.731. The summed E-state index contributed by atoms with van der Waals surface area (Å²) in [5.74, 6) is 0.838. The van der Waals surface area contributed by atoms with Crippen molar-refractivity contribution in [2.24, 2.45) is 5.73 Å². The maximum atomic E-state index is 6.14. The summed E-state index contributed by atoms with van der Waals surface area (Å²) < 4.78 is 5.31. The van der Waals surface area contributed by atoms with Crippen LogP contribution < -0.4 is 5.73 Å². The van der Waals surface area contributed by atoms with E-state index in [1.165, 1.54) is 12.8 Å². The van der Waals surface area contributed by atoms with Crippen LogP contribution in [0, 0.1) is 0 Å². The molecule has 0 radical (unpaired) electrons. The van der Waals surface area contributed by atoms with E-state index < -0.39 is 0 Å². The van der Waals surface area contributed by atoms with Crippen LogP contribution in [0.1, 0.15) is 31.4 Å². The first kappa shape index (κ1) is 8.14. The monoisotopic (exact) mass is 185 g/mol. The third kappa shape index (κ3) is 1.25. The Hall–Kier alpha value is -0.470. The minimum absolute atomic E-state index is 0.243. The molecule has 2 rings (SSSR count). The molecule has 0 unspecified atom stereocenters. The fourth-order valence-electron chi connectivity index (χ4n) is 1.83. The molecule has 12 heavy (non-hydrogen) atoms. The van der Waals surface area contributed by atoms with Gasteiger partial charge in [0.05, 0.1) is 5.54 Å². The number of nitrogens with two attached hydrogens (primary N) is 1. The van der Waals surface area contributed by atoms with Gasteiger partial charge in [0.25, 0.3) is 0 Å². The van der Waals surface area contributed by atoms with Crippen molar-refractivity contribution >= 4 is 11.6 Å². The van der Waals surface area contributed by atoms with Crippen molar-refractivity contribution in [3.63, 3.8) is 0 Å². The van der Waals surface area contributed by atoms with Gasteiger partial charge in [-0.3, -0.25) is 0 Å². The molecule has 2 N–H and O–H groups in total. The average Bonchev–Trinajstić information content (AvgIpc) is 2.59. The first-order chi connectivity index (χ1) is 5.71. The Morgan fingerprint density at radius 1 is 1.33 bits per heavy atom. The minimum Gasteiger partial charge on any atom is -0.448 e. The molecule has 0 spiro atoms. The Balaban J connectivity index is 2.28. The van der Waals surface area contributed by atoms with Crippen molar-refractivity contribution in [2.75, 3.05) is 0 Å². The Bertz CT molecular complexity index is 276. The molecule has 1 aromatic rings. The lowest BCUT2D eigenvalue weighted by molar-refractivity contribution is 0.350. The van der Waals surface area contributed by atoms with Crippen molar-refractivity contribution in [1.82, 2.24) is 0 Å². The van der Waals surface area contributed by atoms with Crippen LogP contribution in [0.5, 0.6) is 0 Å². The summed E-state index contributed by atoms with van der Waals surface area (Å²) in [6.07, 6.45) is 4.40. The van der Waals surface area contributed by atoms with Gasteiger partial charge in [0.15, 0.2) is 5.22 Å². The molecule has 0 atom stereocenters. The first-order valence-electron chi connectivity index (χ1n) is 4.25. The lowest BCUT2D eigenvalue weighted by atomic mass is 9.96. The zero-order valence-corrected chi connectivity index (χ0v) is 7.60. The Morgan fingerprint density at radius 2 is 2.00 bits per heavy atom. The maximum absolute atomic E-state index is 6.14. The molecule has 3 heteroatoms. The smallest absolute Gasteiger partial charge is 0.193 e. The highest BCUT2D eigenvalue weighted by Gasteiger charge is 2.34. The lowest BCUT2D eigenvalue weighted by Crippen LogP contribution is -2.32. The summed E-state index contributed by atoms with van der Waals surface area (Å²) in [7, 11) is 0. The number of rotatable bonds is 1. The molecule has 1 fully saturated rings. The normalized spacial score (nSPS) is 21.5. The molecular formula is C9H12ClNO. The van der Waals surface area contributed by atoms with Crippen LogP contribution in [0.2, 0.25) is 5.22 Å². The van der Waals surface area contributed by atoms with Crippen LogP contribution in [0.25, 0.3) is 0 Å². The van der Waals surface area contributed by atoms with Crippen LogP contribution in [-0.2, 0) is 5.54 Å². The zero-order valence-electron chi connectivity index (χ0n) is 6.85. The van der Waals surface area contributed by atoms with Gasteiger partial charge >= 0.3 is 0 Å². The van der Waals surface area contributed by atoms with Crippen LogP contribution in [0.15, 0.2) is 16.5 Å². The number of furan rings is 1. The number of hydrogen-bond donors (Lipinski definition) is 1. The second kappa shape index (κ2) is 2.79. The molecule has 1 heterocycles. The molecule has 1 saturated carbocycles. The molecule has 1 aliphatic rings. The van der Waals surface area contributed by atoms with Crippen LogP contribution in [0.4, 0.5) is 0 Å². The van der Waals surface area contributed by atoms with Crippen molar-refractivity contribution in [3.05, 3.63) is 23.1 Å². The average molecular weight is 186 g/mol. The molecule has 2 nitrogen and oxygen atoms in total. The van der Waals surface area contributed by atoms with Gasteiger partial charge in [0.2, 0.25) is 0 Å². The van der Waals surface area contributed by atoms with Crippen LogP contribution in [-0.4, -0.2) is 0 Å². The van der Waals surface area contributed by atoms with E-state index in [0.717, 1.165) is 18.6 Å². The van der Waals surface area contributed by atoms with Gasteiger partial charge in [0, 0.05) is 0 Å². The van der Waals surface area contributed by atoms with E-state index in [4.69, 9.17) is 21.8 Å². The number of halogens is 1. The van der Waals surface area contributed by atoms with Gasteiger partial charge in [0.1, 0.15) is 5.76 Å². The third-order valence-electron chi connectivity index (χ3n) is 2.56. The second-order valence-electron chi connectivity index (χ2n) is 3.47. The highest BCUT2D eigenvalue weighted by molar-refractivity contribution is 6.28. The van der Waals surface area contributed by atoms with E-state index in [1.807, 2.05) is 6.07 Å². The van der Waals surface area contributed by atoms with Crippen molar-refractivity contribution in [2.45, 2.75) is 31.2 Å². The zero-order chi connectivity index (χ0) is 8.60. The molecule has 0 aliphatic heterocycles. The van der Waals surface area contributed by atoms with Gasteiger partial charge in [-0.15, -0.1) is 0 Å². The third-order valence-corrected chi connectivity index (χ3v) is 2.76. The fourth-order valence-corrected chi connectivity index (χ4v) is 1.98. The van der Waals surface area contributed by atoms with Crippen molar-refractivity contribution in [1.29, 1.82) is 0 Å². The molecule has 66 valence electrons. The summed E-state index contributed by atoms with van der Waals surface area (Å²) >= 11 is 5.68. The molecular weight excluding hydrogens is 174 g/mol. The van der Waals surface area contributed by atoms with E-state index in [9.17, 15) is 0 Å². The SMILES string of the molecule is NC1(c2ccc(Cl)o2)CCCC1. The summed E-state index contributed by atoms with van der Waals surface area (Å²) in [6.45, 7) is 0. The molecule has 0 aromatic carbocycles. The largest absolute Gasteiger partial charge is 0.448 e. The molecule has 1 aliphatic carbocycles. The van der Waals surface area contributed by atoms with Crippen molar-refractivity contribution < 1.29 is 4.42 Å². The summed E-state index contributed by atoms with van der Waals surface area (Å²) in [6, 6.07) is 3.64. The van der Waals surface area contributed by atoms with Gasteiger partial charge in [-0.05, 0) is 36.6 Å². The standard InChI is InChI=1S/C9H12ClNO/c10-8-4-3-7(12-8)9(11)5-1-2-6-9/h3-4H,1-2,5-6,11H2. The maximum Gasteiger partial charge on any atom is 0.193 e. The lowest BCUT2D eigenvalue weighted by Gasteiger charge is -2.19. The molecule has 0 saturated heterocycles. The van der Waals surface area contributed by atoms with E-state index in [-0.39, 0.29) is 5.54 Å². The van der Waals surface area contributed by atoms with E-state index in [1.54, 1.807) is 6.07 Å². The molecule has 1 aromatic heterocycles. The topological polar surface area (TPSA) is 39.2 Å². The second-order valence-corrected chi connectivity index (χ2v) is 3.84. The highest BCUT2D eigenvalue weighted by atomic mass is 35.5. The van der Waals surface area contributed by atoms with E-state index >= 15 is 0 Å². The van der Waals surface area contributed by atoms with Gasteiger partial charge in [-0.2, -0.15) is 0 Å². The number of hydrogen-bond acceptors (Lipinski definition) is 2. The van der Waals surface area contributed by atoms with E-state index in [2.05, 4.69) is 0 Å². The van der Waals surface area contributed by atoms with Gasteiger partial charge < -0.3 is 10.2 Å². The minimum atomic E-state index is -0.243. The van der Waals surface area contributed by atoms with Crippen LogP contribution in [0.3, 0.4) is 0 Å². The summed E-state index contributed by atoms with van der Waals surface area (Å²) in [5, 5.41) is 0.432. The molecule has 0 amide bonds. The van der Waals surface area contributed by atoms with Crippen LogP contribution >= 0.6 is 11.6 Å². The Morgan fingerprint density at radius 3 is 2.50 bits per heavy atom. The van der Waals surface area contributed by atoms with Crippen molar-refractivity contribution in [3.8, 4) is 0 Å². The van der Waals surface area contributed by atoms with E-state index in [0.29, 0.717) is 5.22 Å². The summed E-state index contributed by atoms with van der Waals surface area (Å²) in [4.78, 5) is 0. The predicted octanol–water partition coefficient (Wildman–Crippen LogP) is 2.66. The summed E-state index contributed by atoms with van der Waals surface area (Å²) in [5.41, 5.74) is 5.90. The first-order valence-corrected chi connectivity index (χ1v) is 4.63. The molecule has 0 bridgehead atoms. The van der Waals surface area contributed by atoms with Gasteiger partial charge in [-0.25, -0.2) is 0 Å². The van der Waals surface area contributed by atoms with Gasteiger partial charge in [-0.1, -0.05) is 12.8 Å².